The van der Waals surface area contributed by atoms with E-state index >= 15 is 0 Å². The predicted octanol–water partition coefficient (Wildman–Crippen LogP) is 2.11. The van der Waals surface area contributed by atoms with Gasteiger partial charge in [-0.15, -0.1) is 0 Å². The van der Waals surface area contributed by atoms with E-state index in [9.17, 15) is 0 Å². The van der Waals surface area contributed by atoms with E-state index in [1.54, 1.807) is 6.20 Å². The molecule has 114 valence electrons. The van der Waals surface area contributed by atoms with Crippen molar-refractivity contribution in [3.05, 3.63) is 42.4 Å². The first-order chi connectivity index (χ1) is 10.8. The number of aryl methyl sites for hydroxylation is 1. The first-order valence-electron chi connectivity index (χ1n) is 7.56. The minimum Gasteiger partial charge on any atom is -0.369 e. The number of hydrogen-bond donors (Lipinski definition) is 2. The van der Waals surface area contributed by atoms with Crippen LogP contribution in [0.5, 0.6) is 0 Å². The van der Waals surface area contributed by atoms with Gasteiger partial charge in [0.25, 0.3) is 0 Å². The van der Waals surface area contributed by atoms with E-state index in [2.05, 4.69) is 27.3 Å². The largest absolute Gasteiger partial charge is 0.369 e. The molecular weight excluding hydrogens is 276 g/mol. The van der Waals surface area contributed by atoms with Crippen molar-refractivity contribution in [2.45, 2.75) is 19.8 Å². The quantitative estimate of drug-likeness (QED) is 0.728. The second-order valence-electron chi connectivity index (χ2n) is 5.14. The Morgan fingerprint density at radius 2 is 2.23 bits per heavy atom. The zero-order chi connectivity index (χ0) is 15.4. The molecule has 0 unspecified atom stereocenters. The van der Waals surface area contributed by atoms with E-state index in [0.29, 0.717) is 13.1 Å². The lowest BCUT2D eigenvalue weighted by Crippen LogP contribution is -2.16. The Bertz CT molecular complexity index is 750. The Kier molecular flexibility index (Phi) is 4.29. The lowest BCUT2D eigenvalue weighted by atomic mass is 10.2. The number of rotatable bonds is 6. The summed E-state index contributed by atoms with van der Waals surface area (Å²) in [4.78, 5) is 8.84. The number of aromatic nitrogens is 4. The Morgan fingerprint density at radius 1 is 1.32 bits per heavy atom. The number of nitrogens with zero attached hydrogens (tertiary/aromatic N) is 4. The average Bonchev–Trinajstić information content (AvgIpc) is 2.98. The number of pyridine rings is 1. The van der Waals surface area contributed by atoms with Crippen molar-refractivity contribution < 1.29 is 0 Å². The highest BCUT2D eigenvalue weighted by atomic mass is 15.3. The number of hydrogen-bond acceptors (Lipinski definition) is 5. The Labute approximate surface area is 129 Å². The van der Waals surface area contributed by atoms with E-state index in [1.807, 2.05) is 35.0 Å². The fourth-order valence-electron chi connectivity index (χ4n) is 2.39. The smallest absolute Gasteiger partial charge is 0.158 e. The van der Waals surface area contributed by atoms with Crippen molar-refractivity contribution in [2.75, 3.05) is 18.4 Å². The third kappa shape index (κ3) is 2.92. The maximum atomic E-state index is 5.60. The SMILES string of the molecule is CCCc1cc(NCCN)n2nc(-c3cccnc3)cc2n1. The Balaban J connectivity index is 2.08. The topological polar surface area (TPSA) is 81.1 Å². The summed E-state index contributed by atoms with van der Waals surface area (Å²) in [6.07, 6.45) is 5.57. The summed E-state index contributed by atoms with van der Waals surface area (Å²) in [5.74, 6) is 0.925. The van der Waals surface area contributed by atoms with Gasteiger partial charge in [0.15, 0.2) is 5.65 Å². The van der Waals surface area contributed by atoms with Crippen molar-refractivity contribution in [1.82, 2.24) is 19.6 Å². The molecule has 0 fully saturated rings. The molecule has 0 bridgehead atoms. The summed E-state index contributed by atoms with van der Waals surface area (Å²) in [7, 11) is 0. The summed E-state index contributed by atoms with van der Waals surface area (Å²) in [6.45, 7) is 3.42. The molecule has 0 atom stereocenters. The average molecular weight is 296 g/mol. The third-order valence-corrected chi connectivity index (χ3v) is 3.39. The predicted molar refractivity (Wildman–Crippen MR) is 87.8 cm³/mol. The van der Waals surface area contributed by atoms with Crippen molar-refractivity contribution in [2.24, 2.45) is 5.73 Å². The van der Waals surface area contributed by atoms with Gasteiger partial charge in [-0.05, 0) is 18.6 Å². The normalized spacial score (nSPS) is 11.0. The molecule has 22 heavy (non-hydrogen) atoms. The number of anilines is 1. The molecule has 6 heteroatoms. The fraction of sp³-hybridized carbons (Fsp3) is 0.312. The first kappa shape index (κ1) is 14.5. The number of nitrogens with one attached hydrogen (secondary N) is 1. The molecule has 3 N–H and O–H groups in total. The van der Waals surface area contributed by atoms with Crippen LogP contribution in [0.1, 0.15) is 19.0 Å². The van der Waals surface area contributed by atoms with Gasteiger partial charge in [0.1, 0.15) is 5.82 Å². The van der Waals surface area contributed by atoms with Crippen LogP contribution in [-0.2, 0) is 6.42 Å². The van der Waals surface area contributed by atoms with Crippen LogP contribution in [0, 0.1) is 0 Å². The molecule has 3 rings (SSSR count). The summed E-state index contributed by atoms with van der Waals surface area (Å²) in [5, 5.41) is 7.97. The van der Waals surface area contributed by atoms with Gasteiger partial charge in [0, 0.05) is 48.9 Å². The minimum atomic E-state index is 0.573. The summed E-state index contributed by atoms with van der Waals surface area (Å²) >= 11 is 0. The van der Waals surface area contributed by atoms with E-state index in [1.165, 1.54) is 0 Å². The molecule has 0 amide bonds. The zero-order valence-corrected chi connectivity index (χ0v) is 12.7. The highest BCUT2D eigenvalue weighted by Crippen LogP contribution is 2.21. The van der Waals surface area contributed by atoms with Crippen LogP contribution in [0.4, 0.5) is 5.82 Å². The van der Waals surface area contributed by atoms with Crippen molar-refractivity contribution in [3.63, 3.8) is 0 Å². The highest BCUT2D eigenvalue weighted by molar-refractivity contribution is 5.65. The lowest BCUT2D eigenvalue weighted by molar-refractivity contribution is 0.855. The molecule has 6 nitrogen and oxygen atoms in total. The van der Waals surface area contributed by atoms with Crippen LogP contribution >= 0.6 is 0 Å². The van der Waals surface area contributed by atoms with Crippen LogP contribution in [0.3, 0.4) is 0 Å². The number of fused-ring (bicyclic) bond motifs is 1. The molecule has 3 heterocycles. The second-order valence-corrected chi connectivity index (χ2v) is 5.14. The van der Waals surface area contributed by atoms with Crippen molar-refractivity contribution >= 4 is 11.5 Å². The third-order valence-electron chi connectivity index (χ3n) is 3.39. The molecule has 0 saturated carbocycles. The lowest BCUT2D eigenvalue weighted by Gasteiger charge is -2.09. The zero-order valence-electron chi connectivity index (χ0n) is 12.7. The van der Waals surface area contributed by atoms with Crippen molar-refractivity contribution in [3.8, 4) is 11.3 Å². The van der Waals surface area contributed by atoms with Crippen LogP contribution in [0.2, 0.25) is 0 Å². The molecule has 0 spiro atoms. The first-order valence-corrected chi connectivity index (χ1v) is 7.56. The van der Waals surface area contributed by atoms with E-state index in [0.717, 1.165) is 41.3 Å². The molecule has 0 aliphatic heterocycles. The van der Waals surface area contributed by atoms with Gasteiger partial charge in [0.05, 0.1) is 5.69 Å². The monoisotopic (exact) mass is 296 g/mol. The molecule has 0 aliphatic rings. The van der Waals surface area contributed by atoms with Crippen molar-refractivity contribution in [1.29, 1.82) is 0 Å². The van der Waals surface area contributed by atoms with Gasteiger partial charge < -0.3 is 11.1 Å². The highest BCUT2D eigenvalue weighted by Gasteiger charge is 2.10. The van der Waals surface area contributed by atoms with E-state index in [4.69, 9.17) is 5.73 Å². The second kappa shape index (κ2) is 6.53. The molecule has 3 aromatic rings. The van der Waals surface area contributed by atoms with Gasteiger partial charge in [-0.1, -0.05) is 13.3 Å². The maximum Gasteiger partial charge on any atom is 0.158 e. The van der Waals surface area contributed by atoms with Gasteiger partial charge >= 0.3 is 0 Å². The molecular formula is C16H20N6. The van der Waals surface area contributed by atoms with Gasteiger partial charge in [0.2, 0.25) is 0 Å². The molecule has 0 saturated heterocycles. The van der Waals surface area contributed by atoms with E-state index < -0.39 is 0 Å². The van der Waals surface area contributed by atoms with Gasteiger partial charge in [-0.25, -0.2) is 4.98 Å². The summed E-state index contributed by atoms with van der Waals surface area (Å²) in [5.41, 5.74) is 9.34. The van der Waals surface area contributed by atoms with Gasteiger partial charge in [-0.3, -0.25) is 4.98 Å². The van der Waals surface area contributed by atoms with Crippen LogP contribution < -0.4 is 11.1 Å². The Hall–Kier alpha value is -2.47. The molecule has 0 aromatic carbocycles. The number of nitrogens with two attached hydrogens (primary N) is 1. The fourth-order valence-corrected chi connectivity index (χ4v) is 2.39. The van der Waals surface area contributed by atoms with E-state index in [-0.39, 0.29) is 0 Å². The minimum absolute atomic E-state index is 0.573. The van der Waals surface area contributed by atoms with Crippen LogP contribution in [0.25, 0.3) is 16.9 Å². The molecule has 0 aliphatic carbocycles. The molecule has 3 aromatic heterocycles. The standard InChI is InChI=1S/C16H20N6/c1-2-4-13-9-15(19-8-6-17)22-16(20-13)10-14(21-22)12-5-3-7-18-11-12/h3,5,7,9-11,19H,2,4,6,8,17H2,1H3. The van der Waals surface area contributed by atoms with Crippen LogP contribution in [0.15, 0.2) is 36.7 Å². The maximum absolute atomic E-state index is 5.60. The summed E-state index contributed by atoms with van der Waals surface area (Å²) < 4.78 is 1.83. The van der Waals surface area contributed by atoms with Crippen LogP contribution in [-0.4, -0.2) is 32.7 Å². The molecule has 0 radical (unpaired) electrons. The summed E-state index contributed by atoms with van der Waals surface area (Å²) in [6, 6.07) is 7.94. The Morgan fingerprint density at radius 3 is 2.95 bits per heavy atom. The van der Waals surface area contributed by atoms with Gasteiger partial charge in [-0.2, -0.15) is 9.61 Å².